The molecule has 1 atom stereocenters. The van der Waals surface area contributed by atoms with Crippen molar-refractivity contribution >= 4 is 11.9 Å². The molecule has 16 heavy (non-hydrogen) atoms. The minimum absolute atomic E-state index is 0.134. The standard InChI is InChI=1S/C11H20N2O3/c1-4-6-9(12)11(15)13(2)8-5-7-10(14)16-3/h4,9H,1,5-8,12H2,2-3H3. The summed E-state index contributed by atoms with van der Waals surface area (Å²) in [5.74, 6) is -0.402. The molecule has 0 spiro atoms. The van der Waals surface area contributed by atoms with Crippen molar-refractivity contribution in [2.75, 3.05) is 20.7 Å². The summed E-state index contributed by atoms with van der Waals surface area (Å²) in [6.45, 7) is 4.03. The quantitative estimate of drug-likeness (QED) is 0.502. The molecule has 2 N–H and O–H groups in total. The van der Waals surface area contributed by atoms with E-state index in [1.807, 2.05) is 0 Å². The second-order valence-electron chi connectivity index (χ2n) is 3.57. The summed E-state index contributed by atoms with van der Waals surface area (Å²) in [5.41, 5.74) is 5.63. The van der Waals surface area contributed by atoms with E-state index in [1.54, 1.807) is 13.1 Å². The number of hydrogen-bond donors (Lipinski definition) is 1. The number of carbonyl (C=O) groups excluding carboxylic acids is 2. The van der Waals surface area contributed by atoms with Crippen LogP contribution in [0.25, 0.3) is 0 Å². The van der Waals surface area contributed by atoms with Gasteiger partial charge in [-0.1, -0.05) is 6.08 Å². The number of nitrogens with two attached hydrogens (primary N) is 1. The molecule has 92 valence electrons. The van der Waals surface area contributed by atoms with E-state index in [2.05, 4.69) is 11.3 Å². The van der Waals surface area contributed by atoms with Crippen LogP contribution in [0.4, 0.5) is 0 Å². The third-order valence-corrected chi connectivity index (χ3v) is 2.22. The van der Waals surface area contributed by atoms with Gasteiger partial charge >= 0.3 is 5.97 Å². The third kappa shape index (κ3) is 5.50. The molecule has 0 aromatic carbocycles. The summed E-state index contributed by atoms with van der Waals surface area (Å²) in [6, 6.07) is -0.541. The average molecular weight is 228 g/mol. The smallest absolute Gasteiger partial charge is 0.305 e. The maximum Gasteiger partial charge on any atom is 0.305 e. The molecule has 0 saturated carbocycles. The van der Waals surface area contributed by atoms with Crippen molar-refractivity contribution in [3.8, 4) is 0 Å². The fraction of sp³-hybridized carbons (Fsp3) is 0.636. The van der Waals surface area contributed by atoms with Crippen LogP contribution in [0.2, 0.25) is 0 Å². The molecule has 0 aliphatic carbocycles. The second kappa shape index (κ2) is 7.87. The summed E-state index contributed by atoms with van der Waals surface area (Å²) >= 11 is 0. The number of amides is 1. The third-order valence-electron chi connectivity index (χ3n) is 2.22. The van der Waals surface area contributed by atoms with Crippen LogP contribution in [0.1, 0.15) is 19.3 Å². The van der Waals surface area contributed by atoms with Crippen LogP contribution in [-0.2, 0) is 14.3 Å². The first-order valence-electron chi connectivity index (χ1n) is 5.21. The largest absolute Gasteiger partial charge is 0.469 e. The Balaban J connectivity index is 3.87. The highest BCUT2D eigenvalue weighted by Gasteiger charge is 2.16. The summed E-state index contributed by atoms with van der Waals surface area (Å²) in [7, 11) is 3.01. The summed E-state index contributed by atoms with van der Waals surface area (Å²) in [4.78, 5) is 24.0. The molecule has 0 aliphatic rings. The zero-order valence-electron chi connectivity index (χ0n) is 9.94. The van der Waals surface area contributed by atoms with Gasteiger partial charge in [0.05, 0.1) is 13.2 Å². The predicted molar refractivity (Wildman–Crippen MR) is 61.7 cm³/mol. The van der Waals surface area contributed by atoms with E-state index >= 15 is 0 Å². The molecule has 0 rings (SSSR count). The van der Waals surface area contributed by atoms with Crippen LogP contribution in [0.5, 0.6) is 0 Å². The van der Waals surface area contributed by atoms with Gasteiger partial charge in [0.15, 0.2) is 0 Å². The Kier molecular flexibility index (Phi) is 7.20. The molecular formula is C11H20N2O3. The van der Waals surface area contributed by atoms with E-state index in [0.29, 0.717) is 25.8 Å². The van der Waals surface area contributed by atoms with Crippen LogP contribution >= 0.6 is 0 Å². The maximum absolute atomic E-state index is 11.6. The van der Waals surface area contributed by atoms with Gasteiger partial charge in [0, 0.05) is 20.0 Å². The topological polar surface area (TPSA) is 72.6 Å². The van der Waals surface area contributed by atoms with Crippen molar-refractivity contribution in [3.63, 3.8) is 0 Å². The molecule has 0 aliphatic heterocycles. The van der Waals surface area contributed by atoms with Gasteiger partial charge in [0.1, 0.15) is 0 Å². The molecule has 0 saturated heterocycles. The van der Waals surface area contributed by atoms with Crippen molar-refractivity contribution < 1.29 is 14.3 Å². The highest BCUT2D eigenvalue weighted by Crippen LogP contribution is 1.99. The molecule has 0 bridgehead atoms. The summed E-state index contributed by atoms with van der Waals surface area (Å²) in [6.07, 6.45) is 2.96. The van der Waals surface area contributed by atoms with Gasteiger partial charge in [0.25, 0.3) is 0 Å². The highest BCUT2D eigenvalue weighted by molar-refractivity contribution is 5.81. The Morgan fingerprint density at radius 3 is 2.69 bits per heavy atom. The van der Waals surface area contributed by atoms with E-state index in [-0.39, 0.29) is 11.9 Å². The number of esters is 1. The molecule has 0 heterocycles. The minimum Gasteiger partial charge on any atom is -0.469 e. The molecule has 0 aromatic heterocycles. The molecule has 0 radical (unpaired) electrons. The van der Waals surface area contributed by atoms with E-state index in [9.17, 15) is 9.59 Å². The van der Waals surface area contributed by atoms with E-state index in [0.717, 1.165) is 0 Å². The maximum atomic E-state index is 11.6. The summed E-state index contributed by atoms with van der Waals surface area (Å²) < 4.78 is 4.50. The van der Waals surface area contributed by atoms with Crippen molar-refractivity contribution in [1.82, 2.24) is 4.90 Å². The number of likely N-dealkylation sites (N-methyl/N-ethyl adjacent to an activating group) is 1. The fourth-order valence-corrected chi connectivity index (χ4v) is 1.24. The number of rotatable bonds is 7. The molecule has 0 fully saturated rings. The number of hydrogen-bond acceptors (Lipinski definition) is 4. The monoisotopic (exact) mass is 228 g/mol. The Labute approximate surface area is 96.2 Å². The Hall–Kier alpha value is -1.36. The van der Waals surface area contributed by atoms with E-state index in [1.165, 1.54) is 12.0 Å². The van der Waals surface area contributed by atoms with Gasteiger partial charge in [-0.15, -0.1) is 6.58 Å². The van der Waals surface area contributed by atoms with E-state index < -0.39 is 6.04 Å². The van der Waals surface area contributed by atoms with E-state index in [4.69, 9.17) is 5.73 Å². The number of carbonyl (C=O) groups is 2. The van der Waals surface area contributed by atoms with Crippen LogP contribution in [-0.4, -0.2) is 43.5 Å². The normalized spacial score (nSPS) is 11.7. The fourth-order valence-electron chi connectivity index (χ4n) is 1.24. The lowest BCUT2D eigenvalue weighted by atomic mass is 10.2. The molecule has 1 amide bonds. The van der Waals surface area contributed by atoms with Gasteiger partial charge in [-0.05, 0) is 12.8 Å². The molecule has 5 heteroatoms. The van der Waals surface area contributed by atoms with Crippen molar-refractivity contribution in [2.24, 2.45) is 5.73 Å². The Morgan fingerprint density at radius 1 is 1.56 bits per heavy atom. The molecular weight excluding hydrogens is 208 g/mol. The molecule has 0 aromatic rings. The lowest BCUT2D eigenvalue weighted by Crippen LogP contribution is -2.41. The Bertz CT molecular complexity index is 254. The number of ether oxygens (including phenoxy) is 1. The highest BCUT2D eigenvalue weighted by atomic mass is 16.5. The van der Waals surface area contributed by atoms with Crippen molar-refractivity contribution in [1.29, 1.82) is 0 Å². The van der Waals surface area contributed by atoms with Gasteiger partial charge in [-0.3, -0.25) is 9.59 Å². The predicted octanol–water partition coefficient (Wildman–Crippen LogP) is 0.301. The van der Waals surface area contributed by atoms with Crippen LogP contribution in [0.3, 0.4) is 0 Å². The first-order valence-corrected chi connectivity index (χ1v) is 5.21. The Morgan fingerprint density at radius 2 is 2.19 bits per heavy atom. The molecule has 1 unspecified atom stereocenters. The number of methoxy groups -OCH3 is 1. The zero-order valence-corrected chi connectivity index (χ0v) is 9.94. The van der Waals surface area contributed by atoms with Gasteiger partial charge in [-0.2, -0.15) is 0 Å². The van der Waals surface area contributed by atoms with Crippen LogP contribution in [0, 0.1) is 0 Å². The molecule has 5 nitrogen and oxygen atoms in total. The van der Waals surface area contributed by atoms with Crippen LogP contribution in [0.15, 0.2) is 12.7 Å². The average Bonchev–Trinajstić information content (AvgIpc) is 2.27. The first-order chi connectivity index (χ1) is 7.52. The summed E-state index contributed by atoms with van der Waals surface area (Å²) in [5, 5.41) is 0. The first kappa shape index (κ1) is 14.6. The SMILES string of the molecule is C=CCC(N)C(=O)N(C)CCCC(=O)OC. The van der Waals surface area contributed by atoms with Crippen LogP contribution < -0.4 is 5.73 Å². The second-order valence-corrected chi connectivity index (χ2v) is 3.57. The lowest BCUT2D eigenvalue weighted by Gasteiger charge is -2.20. The van der Waals surface area contributed by atoms with Crippen molar-refractivity contribution in [2.45, 2.75) is 25.3 Å². The lowest BCUT2D eigenvalue weighted by molar-refractivity contribution is -0.141. The van der Waals surface area contributed by atoms with Crippen molar-refractivity contribution in [3.05, 3.63) is 12.7 Å². The van der Waals surface area contributed by atoms with Gasteiger partial charge in [0.2, 0.25) is 5.91 Å². The minimum atomic E-state index is -0.541. The zero-order chi connectivity index (χ0) is 12.6. The van der Waals surface area contributed by atoms with Gasteiger partial charge in [-0.25, -0.2) is 0 Å². The van der Waals surface area contributed by atoms with Gasteiger partial charge < -0.3 is 15.4 Å². The number of nitrogens with zero attached hydrogens (tertiary/aromatic N) is 1.